The molecule has 10 heteroatoms. The molecule has 1 aliphatic heterocycles. The molecule has 0 unspecified atom stereocenters. The molecule has 1 fully saturated rings. The lowest BCUT2D eigenvalue weighted by molar-refractivity contribution is -0.164. The van der Waals surface area contributed by atoms with Gasteiger partial charge in [-0.05, 0) is 75.0 Å². The molecular formula is C27H33BrN2O6S. The van der Waals surface area contributed by atoms with E-state index in [1.165, 1.54) is 25.2 Å². The molecule has 0 saturated carbocycles. The van der Waals surface area contributed by atoms with Crippen molar-refractivity contribution in [1.82, 2.24) is 9.13 Å². The molecule has 0 spiro atoms. The SMILES string of the molecule is Cc1c(Br)sc2c1c(=O)n(C(C)(C)C(=O)OC(C)(C)C)c(=O)n2C[C@H](O[C@@H]1CCOC1)c1ccccc1. The van der Waals surface area contributed by atoms with Crippen molar-refractivity contribution in [3.05, 3.63) is 66.1 Å². The van der Waals surface area contributed by atoms with Crippen molar-refractivity contribution in [1.29, 1.82) is 0 Å². The van der Waals surface area contributed by atoms with Crippen LogP contribution in [-0.2, 0) is 31.1 Å². The van der Waals surface area contributed by atoms with Crippen LogP contribution in [0.4, 0.5) is 0 Å². The van der Waals surface area contributed by atoms with Crippen molar-refractivity contribution in [3.63, 3.8) is 0 Å². The summed E-state index contributed by atoms with van der Waals surface area (Å²) in [6.07, 6.45) is 0.200. The maximum Gasteiger partial charge on any atom is 0.333 e. The quantitative estimate of drug-likeness (QED) is 0.362. The average Bonchev–Trinajstić information content (AvgIpc) is 3.43. The number of carbonyl (C=O) groups is 1. The highest BCUT2D eigenvalue weighted by Crippen LogP contribution is 2.34. The van der Waals surface area contributed by atoms with Gasteiger partial charge in [0.25, 0.3) is 5.56 Å². The molecule has 0 amide bonds. The molecule has 1 aliphatic rings. The van der Waals surface area contributed by atoms with Crippen LogP contribution in [0.5, 0.6) is 0 Å². The molecule has 2 aromatic heterocycles. The van der Waals surface area contributed by atoms with E-state index in [9.17, 15) is 14.4 Å². The number of fused-ring (bicyclic) bond motifs is 1. The highest BCUT2D eigenvalue weighted by Gasteiger charge is 2.39. The Morgan fingerprint density at radius 3 is 2.46 bits per heavy atom. The van der Waals surface area contributed by atoms with Crippen LogP contribution in [0.1, 0.15) is 58.3 Å². The van der Waals surface area contributed by atoms with E-state index in [1.807, 2.05) is 37.3 Å². The number of aryl methyl sites for hydroxylation is 1. The molecule has 3 aromatic rings. The first-order valence-corrected chi connectivity index (χ1v) is 13.9. The Morgan fingerprint density at radius 2 is 1.86 bits per heavy atom. The highest BCUT2D eigenvalue weighted by molar-refractivity contribution is 9.11. The topological polar surface area (TPSA) is 88.8 Å². The summed E-state index contributed by atoms with van der Waals surface area (Å²) in [5.41, 5.74) is -1.81. The van der Waals surface area contributed by atoms with Crippen molar-refractivity contribution >= 4 is 43.5 Å². The van der Waals surface area contributed by atoms with Crippen molar-refractivity contribution in [2.45, 2.75) is 77.9 Å². The molecule has 1 aromatic carbocycles. The summed E-state index contributed by atoms with van der Waals surface area (Å²) in [4.78, 5) is 41.6. The molecule has 0 bridgehead atoms. The van der Waals surface area contributed by atoms with E-state index in [2.05, 4.69) is 15.9 Å². The van der Waals surface area contributed by atoms with Crippen LogP contribution in [0.25, 0.3) is 10.2 Å². The summed E-state index contributed by atoms with van der Waals surface area (Å²) in [5.74, 6) is -0.656. The van der Waals surface area contributed by atoms with Gasteiger partial charge in [0, 0.05) is 6.61 Å². The Balaban J connectivity index is 1.90. The normalized spacial score (nSPS) is 17.3. The van der Waals surface area contributed by atoms with E-state index in [4.69, 9.17) is 14.2 Å². The number of halogens is 1. The second-order valence-corrected chi connectivity index (χ2v) is 13.1. The van der Waals surface area contributed by atoms with E-state index in [0.29, 0.717) is 29.0 Å². The number of hydrogen-bond acceptors (Lipinski definition) is 7. The molecule has 200 valence electrons. The minimum atomic E-state index is -1.54. The van der Waals surface area contributed by atoms with Crippen molar-refractivity contribution in [3.8, 4) is 0 Å². The van der Waals surface area contributed by atoms with Crippen molar-refractivity contribution < 1.29 is 19.0 Å². The predicted octanol–water partition coefficient (Wildman–Crippen LogP) is 4.92. The zero-order valence-corrected chi connectivity index (χ0v) is 24.4. The minimum Gasteiger partial charge on any atom is -0.458 e. The largest absolute Gasteiger partial charge is 0.458 e. The van der Waals surface area contributed by atoms with Gasteiger partial charge in [-0.2, -0.15) is 0 Å². The Hall–Kier alpha value is -2.27. The molecule has 37 heavy (non-hydrogen) atoms. The summed E-state index contributed by atoms with van der Waals surface area (Å²) in [6, 6.07) is 9.69. The number of ether oxygens (including phenoxy) is 3. The van der Waals surface area contributed by atoms with E-state index in [-0.39, 0.29) is 12.6 Å². The third kappa shape index (κ3) is 5.62. The fourth-order valence-electron chi connectivity index (χ4n) is 4.38. The first-order chi connectivity index (χ1) is 17.3. The second kappa shape index (κ2) is 10.5. The van der Waals surface area contributed by atoms with Gasteiger partial charge >= 0.3 is 11.7 Å². The zero-order chi connectivity index (χ0) is 27.1. The molecule has 0 radical (unpaired) electrons. The maximum atomic E-state index is 14.1. The maximum absolute atomic E-state index is 14.1. The van der Waals surface area contributed by atoms with Gasteiger partial charge in [0.1, 0.15) is 22.1 Å². The van der Waals surface area contributed by atoms with E-state index >= 15 is 0 Å². The van der Waals surface area contributed by atoms with Gasteiger partial charge in [-0.25, -0.2) is 14.2 Å². The van der Waals surface area contributed by atoms with Crippen LogP contribution < -0.4 is 11.2 Å². The smallest absolute Gasteiger partial charge is 0.333 e. The lowest BCUT2D eigenvalue weighted by Gasteiger charge is -2.30. The van der Waals surface area contributed by atoms with Gasteiger partial charge in [0.05, 0.1) is 28.4 Å². The number of thiophene rings is 1. The Morgan fingerprint density at radius 1 is 1.19 bits per heavy atom. The van der Waals surface area contributed by atoms with Gasteiger partial charge in [0.15, 0.2) is 0 Å². The number of rotatable bonds is 7. The Bertz CT molecular complexity index is 1410. The second-order valence-electron chi connectivity index (χ2n) is 10.8. The van der Waals surface area contributed by atoms with Gasteiger partial charge in [-0.3, -0.25) is 9.36 Å². The Labute approximate surface area is 228 Å². The number of carbonyl (C=O) groups excluding carboxylic acids is 1. The molecule has 0 aliphatic carbocycles. The summed E-state index contributed by atoms with van der Waals surface area (Å²) < 4.78 is 20.9. The van der Waals surface area contributed by atoms with Gasteiger partial charge in [0.2, 0.25) is 0 Å². The number of benzene rings is 1. The van der Waals surface area contributed by atoms with E-state index in [0.717, 1.165) is 20.3 Å². The fourth-order valence-corrected chi connectivity index (χ4v) is 6.07. The van der Waals surface area contributed by atoms with Crippen LogP contribution in [-0.4, -0.2) is 40.0 Å². The lowest BCUT2D eigenvalue weighted by Crippen LogP contribution is -2.54. The molecule has 1 saturated heterocycles. The highest BCUT2D eigenvalue weighted by atomic mass is 79.9. The minimum absolute atomic E-state index is 0.0997. The standard InChI is InChI=1S/C27H33BrN2O6S/c1-16-20-22(31)30(27(5,6)24(32)36-26(2,3)4)25(33)29(23(20)37-21(16)28)14-19(17-10-8-7-9-11-17)35-18-12-13-34-15-18/h7-11,18-19H,12-15H2,1-6H3/t18-,19+/m1/s1. The van der Waals surface area contributed by atoms with Crippen LogP contribution in [0, 0.1) is 6.92 Å². The van der Waals surface area contributed by atoms with E-state index < -0.39 is 34.5 Å². The first-order valence-electron chi connectivity index (χ1n) is 12.3. The van der Waals surface area contributed by atoms with Crippen molar-refractivity contribution in [2.24, 2.45) is 0 Å². The fraction of sp³-hybridized carbons (Fsp3) is 0.519. The third-order valence-electron chi connectivity index (χ3n) is 6.38. The number of esters is 1. The van der Waals surface area contributed by atoms with E-state index in [1.54, 1.807) is 25.3 Å². The number of aromatic nitrogens is 2. The summed E-state index contributed by atoms with van der Waals surface area (Å²) in [6.45, 7) is 11.4. The predicted molar refractivity (Wildman–Crippen MR) is 147 cm³/mol. The summed E-state index contributed by atoms with van der Waals surface area (Å²) in [5, 5.41) is 0.393. The first kappa shape index (κ1) is 27.8. The average molecular weight is 594 g/mol. The molecule has 8 nitrogen and oxygen atoms in total. The molecule has 4 rings (SSSR count). The lowest BCUT2D eigenvalue weighted by atomic mass is 10.0. The molecule has 0 N–H and O–H groups in total. The van der Waals surface area contributed by atoms with Gasteiger partial charge in [-0.1, -0.05) is 30.3 Å². The zero-order valence-electron chi connectivity index (χ0n) is 22.0. The van der Waals surface area contributed by atoms with Crippen LogP contribution >= 0.6 is 27.3 Å². The number of nitrogens with zero attached hydrogens (tertiary/aromatic N) is 2. The van der Waals surface area contributed by atoms with Crippen LogP contribution in [0.2, 0.25) is 0 Å². The van der Waals surface area contributed by atoms with Gasteiger partial charge < -0.3 is 14.2 Å². The van der Waals surface area contributed by atoms with Crippen LogP contribution in [0.15, 0.2) is 43.7 Å². The van der Waals surface area contributed by atoms with Crippen LogP contribution in [0.3, 0.4) is 0 Å². The molecule has 2 atom stereocenters. The van der Waals surface area contributed by atoms with Gasteiger partial charge in [-0.15, -0.1) is 11.3 Å². The van der Waals surface area contributed by atoms with Crippen molar-refractivity contribution in [2.75, 3.05) is 13.2 Å². The molecular weight excluding hydrogens is 560 g/mol. The monoisotopic (exact) mass is 592 g/mol. The molecule has 3 heterocycles. The summed E-state index contributed by atoms with van der Waals surface area (Å²) in [7, 11) is 0. The Kier molecular flexibility index (Phi) is 7.86. The third-order valence-corrected chi connectivity index (χ3v) is 8.56. The number of hydrogen-bond donors (Lipinski definition) is 0. The summed E-state index contributed by atoms with van der Waals surface area (Å²) >= 11 is 4.86.